The zero-order chi connectivity index (χ0) is 24.4. The standard InChI is InChI=1S/C25H24N2O6S/c1-5-33-17-9-7-16(8-10-17)22-21(24(30)32-4)14(2)26-25-27(22)23(29)20(34-25)13-15-6-11-18(28)19(12-15)31-3/h6-13,22,28H,5H2,1-4H3. The molecule has 0 saturated heterocycles. The van der Waals surface area contributed by atoms with E-state index in [1.54, 1.807) is 25.1 Å². The summed E-state index contributed by atoms with van der Waals surface area (Å²) in [6.07, 6.45) is 1.71. The van der Waals surface area contributed by atoms with E-state index in [1.807, 2.05) is 31.2 Å². The number of thiazole rings is 1. The number of hydrogen-bond acceptors (Lipinski definition) is 8. The Kier molecular flexibility index (Phi) is 6.56. The molecule has 176 valence electrons. The first-order chi connectivity index (χ1) is 16.4. The molecule has 0 saturated carbocycles. The van der Waals surface area contributed by atoms with Gasteiger partial charge in [0.1, 0.15) is 5.75 Å². The lowest BCUT2D eigenvalue weighted by atomic mass is 9.96. The van der Waals surface area contributed by atoms with Crippen LogP contribution in [0.25, 0.3) is 6.08 Å². The molecule has 1 aliphatic rings. The molecule has 34 heavy (non-hydrogen) atoms. The summed E-state index contributed by atoms with van der Waals surface area (Å²) in [4.78, 5) is 31.3. The molecule has 1 atom stereocenters. The molecule has 4 rings (SSSR count). The highest BCUT2D eigenvalue weighted by Gasteiger charge is 2.33. The number of rotatable bonds is 6. The maximum Gasteiger partial charge on any atom is 0.338 e. The van der Waals surface area contributed by atoms with Crippen LogP contribution in [0.5, 0.6) is 17.2 Å². The van der Waals surface area contributed by atoms with Gasteiger partial charge in [0, 0.05) is 0 Å². The van der Waals surface area contributed by atoms with Crippen LogP contribution in [-0.4, -0.2) is 36.5 Å². The molecule has 0 amide bonds. The van der Waals surface area contributed by atoms with Crippen LogP contribution in [0.3, 0.4) is 0 Å². The van der Waals surface area contributed by atoms with Gasteiger partial charge in [-0.05, 0) is 55.3 Å². The smallest absolute Gasteiger partial charge is 0.338 e. The summed E-state index contributed by atoms with van der Waals surface area (Å²) in [6, 6.07) is 11.4. The number of aromatic hydroxyl groups is 1. The highest BCUT2D eigenvalue weighted by molar-refractivity contribution is 7.07. The Labute approximate surface area is 199 Å². The zero-order valence-electron chi connectivity index (χ0n) is 19.2. The third-order valence-corrected chi connectivity index (χ3v) is 6.42. The molecule has 0 radical (unpaired) electrons. The third kappa shape index (κ3) is 4.22. The van der Waals surface area contributed by atoms with Crippen LogP contribution in [-0.2, 0) is 9.53 Å². The Bertz CT molecular complexity index is 1450. The van der Waals surface area contributed by atoms with Gasteiger partial charge >= 0.3 is 5.97 Å². The molecule has 2 heterocycles. The number of fused-ring (bicyclic) bond motifs is 1. The van der Waals surface area contributed by atoms with Gasteiger partial charge in [0.25, 0.3) is 5.56 Å². The minimum atomic E-state index is -0.698. The number of hydrogen-bond donors (Lipinski definition) is 1. The van der Waals surface area contributed by atoms with Gasteiger partial charge in [-0.2, -0.15) is 0 Å². The fourth-order valence-corrected chi connectivity index (χ4v) is 4.90. The average Bonchev–Trinajstić information content (AvgIpc) is 3.14. The molecule has 0 aliphatic carbocycles. The molecule has 1 aromatic heterocycles. The minimum Gasteiger partial charge on any atom is -0.504 e. The van der Waals surface area contributed by atoms with Gasteiger partial charge in [-0.1, -0.05) is 29.5 Å². The number of phenols is 1. The molecular weight excluding hydrogens is 456 g/mol. The highest BCUT2D eigenvalue weighted by Crippen LogP contribution is 2.31. The van der Waals surface area contributed by atoms with Crippen LogP contribution in [0.1, 0.15) is 31.0 Å². The number of methoxy groups -OCH3 is 2. The molecule has 1 N–H and O–H groups in total. The van der Waals surface area contributed by atoms with E-state index in [-0.39, 0.29) is 11.3 Å². The van der Waals surface area contributed by atoms with Crippen molar-refractivity contribution in [3.8, 4) is 17.2 Å². The van der Waals surface area contributed by atoms with Crippen LogP contribution in [0.4, 0.5) is 0 Å². The quantitative estimate of drug-likeness (QED) is 0.545. The predicted molar refractivity (Wildman–Crippen MR) is 128 cm³/mol. The fourth-order valence-electron chi connectivity index (χ4n) is 3.86. The van der Waals surface area contributed by atoms with Crippen molar-refractivity contribution in [2.45, 2.75) is 19.9 Å². The van der Waals surface area contributed by atoms with Crippen LogP contribution >= 0.6 is 11.3 Å². The van der Waals surface area contributed by atoms with E-state index < -0.39 is 12.0 Å². The van der Waals surface area contributed by atoms with Crippen LogP contribution in [0.2, 0.25) is 0 Å². The van der Waals surface area contributed by atoms with E-state index in [2.05, 4.69) is 4.99 Å². The number of carbonyl (C=O) groups excluding carboxylic acids is 1. The first-order valence-electron chi connectivity index (χ1n) is 10.6. The summed E-state index contributed by atoms with van der Waals surface area (Å²) in [5.74, 6) is 0.463. The van der Waals surface area contributed by atoms with Crippen molar-refractivity contribution in [1.29, 1.82) is 0 Å². The number of esters is 1. The van der Waals surface area contributed by atoms with Crippen molar-refractivity contribution in [1.82, 2.24) is 4.57 Å². The predicted octanol–water partition coefficient (Wildman–Crippen LogP) is 2.52. The number of aromatic nitrogens is 1. The van der Waals surface area contributed by atoms with Crippen molar-refractivity contribution in [3.63, 3.8) is 0 Å². The van der Waals surface area contributed by atoms with Gasteiger partial charge in [0.05, 0.1) is 42.7 Å². The first-order valence-corrected chi connectivity index (χ1v) is 11.4. The number of allylic oxidation sites excluding steroid dienone is 1. The van der Waals surface area contributed by atoms with E-state index in [1.165, 1.54) is 36.2 Å². The zero-order valence-corrected chi connectivity index (χ0v) is 20.0. The topological polar surface area (TPSA) is 99.4 Å². The molecular formula is C25H24N2O6S. The summed E-state index contributed by atoms with van der Waals surface area (Å²) in [5, 5.41) is 9.86. The van der Waals surface area contributed by atoms with Gasteiger partial charge in [-0.25, -0.2) is 9.79 Å². The number of phenolic OH excluding ortho intramolecular Hbond substituents is 1. The van der Waals surface area contributed by atoms with Gasteiger partial charge in [-0.3, -0.25) is 9.36 Å². The van der Waals surface area contributed by atoms with Crippen LogP contribution < -0.4 is 24.4 Å². The summed E-state index contributed by atoms with van der Waals surface area (Å²) < 4.78 is 17.7. The number of ether oxygens (including phenoxy) is 3. The lowest BCUT2D eigenvalue weighted by Crippen LogP contribution is -2.39. The maximum absolute atomic E-state index is 13.6. The normalized spacial score (nSPS) is 15.5. The number of nitrogens with zero attached hydrogens (tertiary/aromatic N) is 2. The van der Waals surface area contributed by atoms with Gasteiger partial charge in [-0.15, -0.1) is 0 Å². The molecule has 1 unspecified atom stereocenters. The summed E-state index contributed by atoms with van der Waals surface area (Å²) in [5.41, 5.74) is 1.92. The lowest BCUT2D eigenvalue weighted by molar-refractivity contribution is -0.136. The second kappa shape index (κ2) is 9.56. The Balaban J connectivity index is 1.91. The van der Waals surface area contributed by atoms with E-state index >= 15 is 0 Å². The van der Waals surface area contributed by atoms with Crippen LogP contribution in [0.15, 0.2) is 63.5 Å². The minimum absolute atomic E-state index is 0.00922. The molecule has 1 aliphatic heterocycles. The number of carbonyl (C=O) groups is 1. The van der Waals surface area contributed by atoms with Crippen molar-refractivity contribution in [2.75, 3.05) is 20.8 Å². The van der Waals surface area contributed by atoms with Crippen LogP contribution in [0, 0.1) is 0 Å². The second-order valence-corrected chi connectivity index (χ2v) is 8.52. The number of benzene rings is 2. The third-order valence-electron chi connectivity index (χ3n) is 5.44. The van der Waals surface area contributed by atoms with E-state index in [4.69, 9.17) is 14.2 Å². The monoisotopic (exact) mass is 480 g/mol. The van der Waals surface area contributed by atoms with Crippen molar-refractivity contribution in [3.05, 3.63) is 84.5 Å². The van der Waals surface area contributed by atoms with Gasteiger partial charge < -0.3 is 19.3 Å². The SMILES string of the molecule is CCOc1ccc(C2C(C(=O)OC)=C(C)N=c3sc(=Cc4ccc(O)c(OC)c4)c(=O)n32)cc1. The molecule has 0 fully saturated rings. The first kappa shape index (κ1) is 23.3. The summed E-state index contributed by atoms with van der Waals surface area (Å²) in [6.45, 7) is 4.16. The largest absolute Gasteiger partial charge is 0.504 e. The van der Waals surface area contributed by atoms with Crippen molar-refractivity contribution < 1.29 is 24.1 Å². The Morgan fingerprint density at radius 2 is 1.94 bits per heavy atom. The van der Waals surface area contributed by atoms with E-state index in [0.717, 1.165) is 5.56 Å². The Morgan fingerprint density at radius 1 is 1.21 bits per heavy atom. The summed E-state index contributed by atoms with van der Waals surface area (Å²) in [7, 11) is 2.77. The summed E-state index contributed by atoms with van der Waals surface area (Å²) >= 11 is 1.22. The maximum atomic E-state index is 13.6. The van der Waals surface area contributed by atoms with Crippen molar-refractivity contribution in [2.24, 2.45) is 4.99 Å². The molecule has 3 aromatic rings. The Hall–Kier alpha value is -3.85. The lowest BCUT2D eigenvalue weighted by Gasteiger charge is -2.24. The molecule has 8 nitrogen and oxygen atoms in total. The van der Waals surface area contributed by atoms with Crippen molar-refractivity contribution >= 4 is 23.4 Å². The van der Waals surface area contributed by atoms with Gasteiger partial charge in [0.2, 0.25) is 0 Å². The van der Waals surface area contributed by atoms with E-state index in [9.17, 15) is 14.7 Å². The molecule has 9 heteroatoms. The molecule has 0 bridgehead atoms. The molecule has 0 spiro atoms. The van der Waals surface area contributed by atoms with Gasteiger partial charge in [0.15, 0.2) is 16.3 Å². The highest BCUT2D eigenvalue weighted by atomic mass is 32.1. The fraction of sp³-hybridized carbons (Fsp3) is 0.240. The van der Waals surface area contributed by atoms with E-state index in [0.29, 0.717) is 44.3 Å². The molecule has 2 aromatic carbocycles. The Morgan fingerprint density at radius 3 is 2.59 bits per heavy atom. The second-order valence-electron chi connectivity index (χ2n) is 7.51. The average molecular weight is 481 g/mol.